The van der Waals surface area contributed by atoms with Gasteiger partial charge in [-0.1, -0.05) is 30.3 Å². The SMILES string of the molecule is CC(=O)N/N=C\c1cc(I)c(OCc2ccccc2)c(I)c1. The number of carbonyl (C=O) groups is 1. The molecule has 0 spiro atoms. The summed E-state index contributed by atoms with van der Waals surface area (Å²) in [6, 6.07) is 14.0. The third-order valence-corrected chi connectivity index (χ3v) is 4.28. The summed E-state index contributed by atoms with van der Waals surface area (Å²) in [5, 5.41) is 3.87. The topological polar surface area (TPSA) is 50.7 Å². The molecule has 0 unspecified atom stereocenters. The molecule has 0 saturated carbocycles. The summed E-state index contributed by atoms with van der Waals surface area (Å²) in [5.41, 5.74) is 4.43. The van der Waals surface area contributed by atoms with Crippen LogP contribution >= 0.6 is 45.2 Å². The fourth-order valence-corrected chi connectivity index (χ4v) is 3.85. The Hall–Kier alpha value is -1.16. The van der Waals surface area contributed by atoms with Crippen LogP contribution in [0.3, 0.4) is 0 Å². The van der Waals surface area contributed by atoms with E-state index in [0.29, 0.717) is 6.61 Å². The number of hydrogen-bond acceptors (Lipinski definition) is 3. The number of carbonyl (C=O) groups excluding carboxylic acids is 1. The fraction of sp³-hybridized carbons (Fsp3) is 0.125. The number of halogens is 2. The van der Waals surface area contributed by atoms with Crippen LogP contribution in [0.5, 0.6) is 5.75 Å². The average Bonchev–Trinajstić information content (AvgIpc) is 2.47. The van der Waals surface area contributed by atoms with Crippen LogP contribution in [-0.2, 0) is 11.4 Å². The van der Waals surface area contributed by atoms with Gasteiger partial charge >= 0.3 is 0 Å². The van der Waals surface area contributed by atoms with Crippen LogP contribution in [0.4, 0.5) is 0 Å². The molecule has 6 heteroatoms. The molecule has 2 aromatic rings. The van der Waals surface area contributed by atoms with Gasteiger partial charge in [0.25, 0.3) is 0 Å². The van der Waals surface area contributed by atoms with E-state index >= 15 is 0 Å². The Labute approximate surface area is 156 Å². The van der Waals surface area contributed by atoms with Crippen LogP contribution in [0, 0.1) is 7.14 Å². The van der Waals surface area contributed by atoms with Crippen LogP contribution in [-0.4, -0.2) is 12.1 Å². The van der Waals surface area contributed by atoms with Gasteiger partial charge in [0, 0.05) is 6.92 Å². The van der Waals surface area contributed by atoms with Crippen molar-refractivity contribution in [3.8, 4) is 5.75 Å². The number of ether oxygens (including phenoxy) is 1. The summed E-state index contributed by atoms with van der Waals surface area (Å²) in [6.07, 6.45) is 1.62. The number of nitrogens with one attached hydrogen (secondary N) is 1. The molecular formula is C16H14I2N2O2. The number of benzene rings is 2. The number of hydrazone groups is 1. The standard InChI is InChI=1S/C16H14I2N2O2/c1-11(21)20-19-9-13-7-14(17)16(15(18)8-13)22-10-12-5-3-2-4-6-12/h2-9H,10H2,1H3,(H,20,21)/b19-9-. The van der Waals surface area contributed by atoms with Crippen molar-refractivity contribution in [3.05, 3.63) is 60.7 Å². The van der Waals surface area contributed by atoms with E-state index < -0.39 is 0 Å². The molecule has 22 heavy (non-hydrogen) atoms. The van der Waals surface area contributed by atoms with Crippen molar-refractivity contribution < 1.29 is 9.53 Å². The Morgan fingerprint density at radius 2 is 1.86 bits per heavy atom. The van der Waals surface area contributed by atoms with Crippen molar-refractivity contribution in [1.82, 2.24) is 5.43 Å². The second-order valence-corrected chi connectivity index (χ2v) is 6.84. The van der Waals surface area contributed by atoms with E-state index in [1.54, 1.807) is 6.21 Å². The summed E-state index contributed by atoms with van der Waals surface area (Å²) < 4.78 is 7.93. The lowest BCUT2D eigenvalue weighted by Gasteiger charge is -2.11. The molecule has 0 bridgehead atoms. The fourth-order valence-electron chi connectivity index (χ4n) is 1.72. The summed E-state index contributed by atoms with van der Waals surface area (Å²) in [5.74, 6) is 0.671. The maximum atomic E-state index is 10.8. The predicted octanol–water partition coefficient (Wildman–Crippen LogP) is 3.94. The normalized spacial score (nSPS) is 10.7. The van der Waals surface area contributed by atoms with E-state index in [-0.39, 0.29) is 5.91 Å². The van der Waals surface area contributed by atoms with Crippen molar-refractivity contribution >= 4 is 57.3 Å². The summed E-state index contributed by atoms with van der Waals surface area (Å²) in [7, 11) is 0. The van der Waals surface area contributed by atoms with Gasteiger partial charge in [-0.3, -0.25) is 4.79 Å². The van der Waals surface area contributed by atoms with Crippen LogP contribution in [0.15, 0.2) is 47.6 Å². The van der Waals surface area contributed by atoms with E-state index in [9.17, 15) is 4.79 Å². The van der Waals surface area contributed by atoms with E-state index in [1.807, 2.05) is 42.5 Å². The van der Waals surface area contributed by atoms with Gasteiger partial charge < -0.3 is 4.74 Å². The quantitative estimate of drug-likeness (QED) is 0.369. The van der Waals surface area contributed by atoms with Gasteiger partial charge in [0.05, 0.1) is 13.4 Å². The highest BCUT2D eigenvalue weighted by atomic mass is 127. The molecule has 4 nitrogen and oxygen atoms in total. The molecule has 0 aliphatic carbocycles. The molecule has 0 fully saturated rings. The Balaban J connectivity index is 2.09. The number of nitrogens with zero attached hydrogens (tertiary/aromatic N) is 1. The van der Waals surface area contributed by atoms with Gasteiger partial charge in [-0.15, -0.1) is 0 Å². The molecule has 0 saturated heterocycles. The lowest BCUT2D eigenvalue weighted by atomic mass is 10.2. The molecule has 1 amide bonds. The summed E-state index contributed by atoms with van der Waals surface area (Å²) in [6.45, 7) is 1.96. The first kappa shape index (κ1) is 17.2. The molecule has 0 radical (unpaired) electrons. The molecule has 1 N–H and O–H groups in total. The van der Waals surface area contributed by atoms with Crippen molar-refractivity contribution in [3.63, 3.8) is 0 Å². The van der Waals surface area contributed by atoms with Crippen LogP contribution < -0.4 is 10.2 Å². The first-order valence-electron chi connectivity index (χ1n) is 6.51. The van der Waals surface area contributed by atoms with Crippen molar-refractivity contribution in [1.29, 1.82) is 0 Å². The van der Waals surface area contributed by atoms with Gasteiger partial charge in [-0.05, 0) is 68.4 Å². The zero-order valence-corrected chi connectivity index (χ0v) is 16.2. The van der Waals surface area contributed by atoms with Gasteiger partial charge in [-0.2, -0.15) is 5.10 Å². The van der Waals surface area contributed by atoms with Crippen LogP contribution in [0.25, 0.3) is 0 Å². The number of amides is 1. The van der Waals surface area contributed by atoms with Crippen LogP contribution in [0.2, 0.25) is 0 Å². The smallest absolute Gasteiger partial charge is 0.236 e. The van der Waals surface area contributed by atoms with Crippen LogP contribution in [0.1, 0.15) is 18.1 Å². The highest BCUT2D eigenvalue weighted by Crippen LogP contribution is 2.29. The first-order valence-corrected chi connectivity index (χ1v) is 8.67. The second-order valence-electron chi connectivity index (χ2n) is 4.51. The molecule has 114 valence electrons. The molecule has 2 rings (SSSR count). The van der Waals surface area contributed by atoms with E-state index in [0.717, 1.165) is 24.0 Å². The number of rotatable bonds is 5. The summed E-state index contributed by atoms with van der Waals surface area (Å²) >= 11 is 4.48. The van der Waals surface area contributed by atoms with Gasteiger partial charge in [-0.25, -0.2) is 5.43 Å². The average molecular weight is 520 g/mol. The minimum Gasteiger partial charge on any atom is -0.487 e. The molecule has 0 heterocycles. The Bertz CT molecular complexity index is 665. The Morgan fingerprint density at radius 1 is 1.23 bits per heavy atom. The van der Waals surface area contributed by atoms with E-state index in [1.165, 1.54) is 6.92 Å². The zero-order valence-electron chi connectivity index (χ0n) is 11.8. The third kappa shape index (κ3) is 5.24. The highest BCUT2D eigenvalue weighted by molar-refractivity contribution is 14.1. The maximum Gasteiger partial charge on any atom is 0.236 e. The third-order valence-electron chi connectivity index (χ3n) is 2.68. The minimum atomic E-state index is -0.191. The molecule has 0 aliphatic rings. The largest absolute Gasteiger partial charge is 0.487 e. The second kappa shape index (κ2) is 8.47. The Kier molecular flexibility index (Phi) is 6.62. The Morgan fingerprint density at radius 3 is 2.45 bits per heavy atom. The first-order chi connectivity index (χ1) is 10.6. The van der Waals surface area contributed by atoms with E-state index in [2.05, 4.69) is 55.7 Å². The molecule has 0 aromatic heterocycles. The summed E-state index contributed by atoms with van der Waals surface area (Å²) in [4.78, 5) is 10.8. The zero-order chi connectivity index (χ0) is 15.9. The highest BCUT2D eigenvalue weighted by Gasteiger charge is 2.08. The van der Waals surface area contributed by atoms with Crippen molar-refractivity contribution in [2.45, 2.75) is 13.5 Å². The number of hydrogen-bond donors (Lipinski definition) is 1. The molecule has 0 aliphatic heterocycles. The molecule has 0 atom stereocenters. The van der Waals surface area contributed by atoms with Crippen molar-refractivity contribution in [2.24, 2.45) is 5.10 Å². The van der Waals surface area contributed by atoms with Gasteiger partial charge in [0.1, 0.15) is 12.4 Å². The maximum absolute atomic E-state index is 10.8. The lowest BCUT2D eigenvalue weighted by Crippen LogP contribution is -2.12. The van der Waals surface area contributed by atoms with E-state index in [4.69, 9.17) is 4.74 Å². The minimum absolute atomic E-state index is 0.191. The van der Waals surface area contributed by atoms with Gasteiger partial charge in [0.15, 0.2) is 0 Å². The van der Waals surface area contributed by atoms with Crippen molar-refractivity contribution in [2.75, 3.05) is 0 Å². The predicted molar refractivity (Wildman–Crippen MR) is 104 cm³/mol. The molecular weight excluding hydrogens is 506 g/mol. The van der Waals surface area contributed by atoms with Gasteiger partial charge in [0.2, 0.25) is 5.91 Å². The monoisotopic (exact) mass is 520 g/mol. The molecule has 2 aromatic carbocycles. The lowest BCUT2D eigenvalue weighted by molar-refractivity contribution is -0.118.